The molecule has 0 aromatic heterocycles. The summed E-state index contributed by atoms with van der Waals surface area (Å²) in [7, 11) is 4.30. The summed E-state index contributed by atoms with van der Waals surface area (Å²) in [4.78, 5) is 25.1. The van der Waals surface area contributed by atoms with Crippen LogP contribution in [-0.2, 0) is 9.53 Å². The maximum atomic E-state index is 12.6. The van der Waals surface area contributed by atoms with E-state index in [2.05, 4.69) is 5.32 Å². The highest BCUT2D eigenvalue weighted by molar-refractivity contribution is 5.99. The number of carbonyl (C=O) groups is 2. The molecular formula is C21H25NO7. The number of nitrogens with one attached hydrogen (secondary N) is 1. The molecule has 0 aliphatic heterocycles. The monoisotopic (exact) mass is 403 g/mol. The minimum Gasteiger partial charge on any atom is -0.493 e. The van der Waals surface area contributed by atoms with Gasteiger partial charge in [0.25, 0.3) is 5.91 Å². The zero-order chi connectivity index (χ0) is 21.4. The molecule has 8 heteroatoms. The Labute approximate surface area is 169 Å². The molecule has 1 atom stereocenters. The van der Waals surface area contributed by atoms with Crippen LogP contribution in [0.15, 0.2) is 36.4 Å². The fraction of sp³-hybridized carbons (Fsp3) is 0.333. The number of methoxy groups -OCH3 is 3. The van der Waals surface area contributed by atoms with Crippen LogP contribution in [0, 0.1) is 0 Å². The van der Waals surface area contributed by atoms with Crippen molar-refractivity contribution < 1.29 is 33.3 Å². The number of benzene rings is 2. The second kappa shape index (κ2) is 10.2. The lowest BCUT2D eigenvalue weighted by Crippen LogP contribution is -2.30. The first-order valence-corrected chi connectivity index (χ1v) is 8.99. The van der Waals surface area contributed by atoms with Crippen molar-refractivity contribution in [1.29, 1.82) is 0 Å². The second-order valence-electron chi connectivity index (χ2n) is 5.85. The molecular weight excluding hydrogens is 378 g/mol. The van der Waals surface area contributed by atoms with Gasteiger partial charge in [0.15, 0.2) is 17.6 Å². The summed E-state index contributed by atoms with van der Waals surface area (Å²) in [6.45, 7) is 3.78. The summed E-state index contributed by atoms with van der Waals surface area (Å²) >= 11 is 0. The molecule has 29 heavy (non-hydrogen) atoms. The molecule has 0 aliphatic rings. The van der Waals surface area contributed by atoms with Gasteiger partial charge in [0, 0.05) is 0 Å². The van der Waals surface area contributed by atoms with Gasteiger partial charge in [-0.25, -0.2) is 4.79 Å². The largest absolute Gasteiger partial charge is 0.493 e. The smallest absolute Gasteiger partial charge is 0.342 e. The van der Waals surface area contributed by atoms with Gasteiger partial charge in [-0.3, -0.25) is 4.79 Å². The van der Waals surface area contributed by atoms with Crippen molar-refractivity contribution in [3.05, 3.63) is 42.0 Å². The molecule has 0 spiro atoms. The Morgan fingerprint density at radius 1 is 0.931 bits per heavy atom. The number of hydrogen-bond acceptors (Lipinski definition) is 7. The van der Waals surface area contributed by atoms with Crippen molar-refractivity contribution >= 4 is 17.6 Å². The summed E-state index contributed by atoms with van der Waals surface area (Å²) in [5.41, 5.74) is 0.602. The third-order valence-electron chi connectivity index (χ3n) is 4.02. The normalized spacial score (nSPS) is 11.2. The number of para-hydroxylation sites is 2. The molecule has 2 aromatic carbocycles. The lowest BCUT2D eigenvalue weighted by molar-refractivity contribution is -0.123. The highest BCUT2D eigenvalue weighted by Crippen LogP contribution is 2.40. The topological polar surface area (TPSA) is 92.3 Å². The van der Waals surface area contributed by atoms with E-state index in [1.165, 1.54) is 34.3 Å². The summed E-state index contributed by atoms with van der Waals surface area (Å²) in [6.07, 6.45) is -1.06. The number of ether oxygens (including phenoxy) is 5. The molecule has 0 radical (unpaired) electrons. The SMILES string of the molecule is CCOc1ccccc1NC(=O)C(C)OC(=O)c1ccc(OC)c(OC)c1OC. The minimum absolute atomic E-state index is 0.111. The highest BCUT2D eigenvalue weighted by atomic mass is 16.6. The quantitative estimate of drug-likeness (QED) is 0.642. The van der Waals surface area contributed by atoms with Gasteiger partial charge in [0.1, 0.15) is 11.3 Å². The van der Waals surface area contributed by atoms with E-state index in [0.717, 1.165) is 0 Å². The van der Waals surface area contributed by atoms with E-state index in [1.54, 1.807) is 30.3 Å². The second-order valence-corrected chi connectivity index (χ2v) is 5.85. The van der Waals surface area contributed by atoms with Crippen molar-refractivity contribution in [3.8, 4) is 23.0 Å². The average molecular weight is 403 g/mol. The maximum Gasteiger partial charge on any atom is 0.342 e. The maximum absolute atomic E-state index is 12.6. The van der Waals surface area contributed by atoms with E-state index < -0.39 is 18.0 Å². The predicted octanol–water partition coefficient (Wildman–Crippen LogP) is 3.30. The van der Waals surface area contributed by atoms with E-state index >= 15 is 0 Å². The summed E-state index contributed by atoms with van der Waals surface area (Å²) in [5.74, 6) is 0.120. The molecule has 0 fully saturated rings. The van der Waals surface area contributed by atoms with Crippen molar-refractivity contribution in [3.63, 3.8) is 0 Å². The standard InChI is InChI=1S/C21H25NO7/c1-6-28-16-10-8-7-9-15(16)22-20(23)13(2)29-21(24)14-11-12-17(25-3)19(27-5)18(14)26-4/h7-13H,6H2,1-5H3,(H,22,23). The van der Waals surface area contributed by atoms with E-state index in [1.807, 2.05) is 6.92 Å². The lowest BCUT2D eigenvalue weighted by atomic mass is 10.1. The fourth-order valence-electron chi connectivity index (χ4n) is 2.63. The van der Waals surface area contributed by atoms with E-state index in [9.17, 15) is 9.59 Å². The first-order chi connectivity index (χ1) is 14.0. The van der Waals surface area contributed by atoms with Gasteiger partial charge in [-0.2, -0.15) is 0 Å². The van der Waals surface area contributed by atoms with Crippen LogP contribution in [0.1, 0.15) is 24.2 Å². The van der Waals surface area contributed by atoms with Crippen LogP contribution in [0.25, 0.3) is 0 Å². The third kappa shape index (κ3) is 5.10. The van der Waals surface area contributed by atoms with Gasteiger partial charge in [-0.05, 0) is 38.1 Å². The molecule has 8 nitrogen and oxygen atoms in total. The first-order valence-electron chi connectivity index (χ1n) is 8.99. The Balaban J connectivity index is 2.16. The molecule has 1 unspecified atom stereocenters. The average Bonchev–Trinajstić information content (AvgIpc) is 2.73. The van der Waals surface area contributed by atoms with Crippen molar-refractivity contribution in [2.75, 3.05) is 33.3 Å². The molecule has 0 bridgehead atoms. The summed E-state index contributed by atoms with van der Waals surface area (Å²) in [5, 5.41) is 2.70. The lowest BCUT2D eigenvalue weighted by Gasteiger charge is -2.18. The zero-order valence-electron chi connectivity index (χ0n) is 17.1. The highest BCUT2D eigenvalue weighted by Gasteiger charge is 2.25. The molecule has 0 aliphatic carbocycles. The molecule has 0 saturated carbocycles. The van der Waals surface area contributed by atoms with Gasteiger partial charge in [0.05, 0.1) is 33.6 Å². The Hall–Kier alpha value is -3.42. The van der Waals surface area contributed by atoms with Crippen LogP contribution in [-0.4, -0.2) is 45.9 Å². The molecule has 156 valence electrons. The Kier molecular flexibility index (Phi) is 7.70. The van der Waals surface area contributed by atoms with Gasteiger partial charge in [-0.15, -0.1) is 0 Å². The Morgan fingerprint density at radius 2 is 1.62 bits per heavy atom. The molecule has 0 saturated heterocycles. The van der Waals surface area contributed by atoms with Crippen LogP contribution < -0.4 is 24.3 Å². The summed E-state index contributed by atoms with van der Waals surface area (Å²) < 4.78 is 26.5. The first kappa shape index (κ1) is 21.9. The van der Waals surface area contributed by atoms with Gasteiger partial charge >= 0.3 is 5.97 Å². The number of rotatable bonds is 9. The van der Waals surface area contributed by atoms with Crippen molar-refractivity contribution in [1.82, 2.24) is 0 Å². The van der Waals surface area contributed by atoms with Gasteiger partial charge in [0.2, 0.25) is 5.75 Å². The number of carbonyl (C=O) groups excluding carboxylic acids is 2. The van der Waals surface area contributed by atoms with Crippen molar-refractivity contribution in [2.24, 2.45) is 0 Å². The predicted molar refractivity (Wildman–Crippen MR) is 107 cm³/mol. The van der Waals surface area contributed by atoms with Crippen LogP contribution >= 0.6 is 0 Å². The van der Waals surface area contributed by atoms with E-state index in [-0.39, 0.29) is 17.1 Å². The van der Waals surface area contributed by atoms with Gasteiger partial charge in [-0.1, -0.05) is 12.1 Å². The number of hydrogen-bond donors (Lipinski definition) is 1. The zero-order valence-corrected chi connectivity index (χ0v) is 17.1. The number of amides is 1. The number of anilines is 1. The van der Waals surface area contributed by atoms with E-state index in [4.69, 9.17) is 23.7 Å². The fourth-order valence-corrected chi connectivity index (χ4v) is 2.63. The molecule has 2 aromatic rings. The van der Waals surface area contributed by atoms with Crippen LogP contribution in [0.3, 0.4) is 0 Å². The minimum atomic E-state index is -1.06. The van der Waals surface area contributed by atoms with E-state index in [0.29, 0.717) is 23.8 Å². The van der Waals surface area contributed by atoms with Crippen LogP contribution in [0.2, 0.25) is 0 Å². The Bertz CT molecular complexity index is 866. The Morgan fingerprint density at radius 3 is 2.24 bits per heavy atom. The van der Waals surface area contributed by atoms with Crippen molar-refractivity contribution in [2.45, 2.75) is 20.0 Å². The molecule has 1 amide bonds. The van der Waals surface area contributed by atoms with Gasteiger partial charge < -0.3 is 29.0 Å². The molecule has 1 N–H and O–H groups in total. The van der Waals surface area contributed by atoms with Crippen LogP contribution in [0.4, 0.5) is 5.69 Å². The number of esters is 1. The molecule has 0 heterocycles. The molecule has 2 rings (SSSR count). The van der Waals surface area contributed by atoms with Crippen LogP contribution in [0.5, 0.6) is 23.0 Å². The third-order valence-corrected chi connectivity index (χ3v) is 4.02. The summed E-state index contributed by atoms with van der Waals surface area (Å²) in [6, 6.07) is 10.0.